The summed E-state index contributed by atoms with van der Waals surface area (Å²) in [6.07, 6.45) is -0.879. The van der Waals surface area contributed by atoms with Gasteiger partial charge in [0.1, 0.15) is 11.4 Å². The van der Waals surface area contributed by atoms with Crippen molar-refractivity contribution < 1.29 is 23.5 Å². The maximum atomic E-state index is 14.4. The molecule has 1 heterocycles. The summed E-state index contributed by atoms with van der Waals surface area (Å²) < 4.78 is 24.7. The molecule has 28 heavy (non-hydrogen) atoms. The zero-order valence-corrected chi connectivity index (χ0v) is 17.0. The summed E-state index contributed by atoms with van der Waals surface area (Å²) in [5, 5.41) is 2.70. The lowest BCUT2D eigenvalue weighted by Crippen LogP contribution is -2.52. The van der Waals surface area contributed by atoms with Crippen LogP contribution in [-0.4, -0.2) is 66.9 Å². The molecule has 0 spiro atoms. The molecule has 1 atom stereocenters. The van der Waals surface area contributed by atoms with E-state index in [1.54, 1.807) is 30.0 Å². The lowest BCUT2D eigenvalue weighted by Gasteiger charge is -2.39. The number of hydrogen-bond acceptors (Lipinski definition) is 5. The molecule has 7 nitrogen and oxygen atoms in total. The summed E-state index contributed by atoms with van der Waals surface area (Å²) in [5.41, 5.74) is -0.0435. The number of carbonyl (C=O) groups excluding carboxylic acids is 2. The minimum atomic E-state index is -0.548. The minimum absolute atomic E-state index is 0.214. The van der Waals surface area contributed by atoms with Crippen molar-refractivity contribution in [1.82, 2.24) is 15.1 Å². The van der Waals surface area contributed by atoms with Crippen LogP contribution in [-0.2, 0) is 9.47 Å². The molecule has 0 aromatic heterocycles. The molecule has 1 aromatic carbocycles. The highest BCUT2D eigenvalue weighted by Crippen LogP contribution is 2.24. The molecule has 1 N–H and O–H groups in total. The Kier molecular flexibility index (Phi) is 7.62. The van der Waals surface area contributed by atoms with Crippen molar-refractivity contribution >= 4 is 12.2 Å². The molecule has 1 aromatic rings. The summed E-state index contributed by atoms with van der Waals surface area (Å²) in [7, 11) is 0. The van der Waals surface area contributed by atoms with Gasteiger partial charge in [-0.25, -0.2) is 14.0 Å². The minimum Gasteiger partial charge on any atom is -0.450 e. The number of nitrogens with one attached hydrogen (secondary N) is 1. The van der Waals surface area contributed by atoms with Gasteiger partial charge in [-0.15, -0.1) is 0 Å². The van der Waals surface area contributed by atoms with Crippen LogP contribution in [0.4, 0.5) is 14.0 Å². The van der Waals surface area contributed by atoms with E-state index in [9.17, 15) is 14.0 Å². The number of piperazine rings is 1. The van der Waals surface area contributed by atoms with E-state index in [0.29, 0.717) is 31.7 Å². The second-order valence-electron chi connectivity index (χ2n) is 7.64. The van der Waals surface area contributed by atoms with Gasteiger partial charge in [0.25, 0.3) is 0 Å². The van der Waals surface area contributed by atoms with Gasteiger partial charge >= 0.3 is 12.2 Å². The first-order valence-corrected chi connectivity index (χ1v) is 9.58. The SMILES string of the molecule is CCOC(=O)NCC(c1ccccc1F)N1CCN(C(=O)OC(C)(C)C)CC1. The van der Waals surface area contributed by atoms with Crippen LogP contribution in [0, 0.1) is 5.82 Å². The van der Waals surface area contributed by atoms with Gasteiger partial charge in [0.05, 0.1) is 12.6 Å². The standard InChI is InChI=1S/C20H30FN3O4/c1-5-27-18(25)22-14-17(15-8-6-7-9-16(15)21)23-10-12-24(13-11-23)19(26)28-20(2,3)4/h6-9,17H,5,10-14H2,1-4H3,(H,22,25). The number of amides is 2. The Bertz CT molecular complexity index is 670. The number of carbonyl (C=O) groups is 2. The predicted molar refractivity (Wildman–Crippen MR) is 104 cm³/mol. The van der Waals surface area contributed by atoms with E-state index < -0.39 is 11.7 Å². The van der Waals surface area contributed by atoms with Gasteiger partial charge in [-0.2, -0.15) is 0 Å². The Hall–Kier alpha value is -2.35. The maximum absolute atomic E-state index is 14.4. The van der Waals surface area contributed by atoms with E-state index in [1.807, 2.05) is 20.8 Å². The van der Waals surface area contributed by atoms with Gasteiger partial charge in [-0.3, -0.25) is 4.90 Å². The highest BCUT2D eigenvalue weighted by Gasteiger charge is 2.30. The van der Waals surface area contributed by atoms with Crippen molar-refractivity contribution in [3.63, 3.8) is 0 Å². The number of alkyl carbamates (subject to hydrolysis) is 1. The number of hydrogen-bond donors (Lipinski definition) is 1. The highest BCUT2D eigenvalue weighted by molar-refractivity contribution is 5.68. The van der Waals surface area contributed by atoms with E-state index in [4.69, 9.17) is 9.47 Å². The van der Waals surface area contributed by atoms with Crippen LogP contribution in [0.15, 0.2) is 24.3 Å². The van der Waals surface area contributed by atoms with Crippen molar-refractivity contribution in [1.29, 1.82) is 0 Å². The molecule has 2 amide bonds. The summed E-state index contributed by atoms with van der Waals surface area (Å²) >= 11 is 0. The van der Waals surface area contributed by atoms with Gasteiger partial charge in [0, 0.05) is 38.3 Å². The lowest BCUT2D eigenvalue weighted by atomic mass is 10.0. The van der Waals surface area contributed by atoms with Gasteiger partial charge in [-0.1, -0.05) is 18.2 Å². The first kappa shape index (κ1) is 21.9. The Labute approximate surface area is 165 Å². The molecule has 1 saturated heterocycles. The molecule has 0 bridgehead atoms. The third kappa shape index (κ3) is 6.37. The molecule has 2 rings (SSSR count). The quantitative estimate of drug-likeness (QED) is 0.829. The van der Waals surface area contributed by atoms with Crippen molar-refractivity contribution in [2.24, 2.45) is 0 Å². The van der Waals surface area contributed by atoms with Crippen molar-refractivity contribution in [3.8, 4) is 0 Å². The zero-order chi connectivity index (χ0) is 20.7. The molecular formula is C20H30FN3O4. The summed E-state index contributed by atoms with van der Waals surface area (Å²) in [6, 6.07) is 6.17. The molecule has 1 aliphatic rings. The van der Waals surface area contributed by atoms with Crippen molar-refractivity contribution in [2.45, 2.75) is 39.3 Å². The number of benzene rings is 1. The van der Waals surface area contributed by atoms with Crippen LogP contribution in [0.3, 0.4) is 0 Å². The second-order valence-corrected chi connectivity index (χ2v) is 7.64. The summed E-state index contributed by atoms with van der Waals surface area (Å²) in [5.74, 6) is -0.326. The Morgan fingerprint density at radius 3 is 2.39 bits per heavy atom. The van der Waals surface area contributed by atoms with Crippen LogP contribution < -0.4 is 5.32 Å². The maximum Gasteiger partial charge on any atom is 0.410 e. The third-order valence-electron chi connectivity index (χ3n) is 4.39. The fraction of sp³-hybridized carbons (Fsp3) is 0.600. The summed E-state index contributed by atoms with van der Waals surface area (Å²) in [6.45, 7) is 9.73. The topological polar surface area (TPSA) is 71.1 Å². The number of halogens is 1. The van der Waals surface area contributed by atoms with Crippen LogP contribution in [0.1, 0.15) is 39.3 Å². The summed E-state index contributed by atoms with van der Waals surface area (Å²) in [4.78, 5) is 27.7. The molecule has 0 aliphatic carbocycles. The molecule has 156 valence electrons. The van der Waals surface area contributed by atoms with Crippen LogP contribution in [0.2, 0.25) is 0 Å². The molecule has 0 saturated carbocycles. The third-order valence-corrected chi connectivity index (χ3v) is 4.39. The molecular weight excluding hydrogens is 365 g/mol. The average Bonchev–Trinajstić information content (AvgIpc) is 2.62. The van der Waals surface area contributed by atoms with Gasteiger partial charge < -0.3 is 19.7 Å². The smallest absolute Gasteiger partial charge is 0.410 e. The first-order chi connectivity index (χ1) is 13.2. The Balaban J connectivity index is 2.05. The highest BCUT2D eigenvalue weighted by atomic mass is 19.1. The van der Waals surface area contributed by atoms with E-state index in [1.165, 1.54) is 6.07 Å². The first-order valence-electron chi connectivity index (χ1n) is 9.58. The number of ether oxygens (including phenoxy) is 2. The fourth-order valence-electron chi connectivity index (χ4n) is 3.09. The van der Waals surface area contributed by atoms with Crippen molar-refractivity contribution in [3.05, 3.63) is 35.6 Å². The predicted octanol–water partition coefficient (Wildman–Crippen LogP) is 3.17. The second kappa shape index (κ2) is 9.73. The van der Waals surface area contributed by atoms with Gasteiger partial charge in [0.15, 0.2) is 0 Å². The van der Waals surface area contributed by atoms with E-state index >= 15 is 0 Å². The van der Waals surface area contributed by atoms with Gasteiger partial charge in [-0.05, 0) is 33.8 Å². The molecule has 8 heteroatoms. The zero-order valence-electron chi connectivity index (χ0n) is 17.0. The van der Waals surface area contributed by atoms with E-state index in [0.717, 1.165) is 0 Å². The fourth-order valence-corrected chi connectivity index (χ4v) is 3.09. The van der Waals surface area contributed by atoms with Crippen LogP contribution in [0.5, 0.6) is 0 Å². The molecule has 1 aliphatic heterocycles. The average molecular weight is 395 g/mol. The monoisotopic (exact) mass is 395 g/mol. The van der Waals surface area contributed by atoms with Gasteiger partial charge in [0.2, 0.25) is 0 Å². The largest absolute Gasteiger partial charge is 0.450 e. The molecule has 1 unspecified atom stereocenters. The number of nitrogens with zero attached hydrogens (tertiary/aromatic N) is 2. The van der Waals surface area contributed by atoms with E-state index in [2.05, 4.69) is 10.2 Å². The number of rotatable bonds is 5. The van der Waals surface area contributed by atoms with E-state index in [-0.39, 0.29) is 31.1 Å². The normalized spacial score (nSPS) is 16.4. The lowest BCUT2D eigenvalue weighted by molar-refractivity contribution is 0.0101. The molecule has 0 radical (unpaired) electrons. The van der Waals surface area contributed by atoms with Crippen LogP contribution >= 0.6 is 0 Å². The van der Waals surface area contributed by atoms with Crippen LogP contribution in [0.25, 0.3) is 0 Å². The Morgan fingerprint density at radius 2 is 1.82 bits per heavy atom. The Morgan fingerprint density at radius 1 is 1.18 bits per heavy atom. The molecule has 1 fully saturated rings. The van der Waals surface area contributed by atoms with Crippen molar-refractivity contribution in [2.75, 3.05) is 39.3 Å².